The lowest BCUT2D eigenvalue weighted by molar-refractivity contribution is -0.123. The fourth-order valence-corrected chi connectivity index (χ4v) is 2.83. The van der Waals surface area contributed by atoms with Crippen LogP contribution in [-0.4, -0.2) is 15.7 Å². The molecular formula is C22H22FN3O2. The lowest BCUT2D eigenvalue weighted by Gasteiger charge is -2.26. The topological polar surface area (TPSA) is 64.0 Å². The number of anilines is 1. The van der Waals surface area contributed by atoms with E-state index >= 15 is 0 Å². The smallest absolute Gasteiger partial charge is 0.267 e. The van der Waals surface area contributed by atoms with Gasteiger partial charge in [0.25, 0.3) is 11.5 Å². The summed E-state index contributed by atoms with van der Waals surface area (Å²) >= 11 is 0. The summed E-state index contributed by atoms with van der Waals surface area (Å²) in [5.41, 5.74) is 2.15. The van der Waals surface area contributed by atoms with Gasteiger partial charge in [0, 0.05) is 17.3 Å². The van der Waals surface area contributed by atoms with Gasteiger partial charge in [0.2, 0.25) is 0 Å². The van der Waals surface area contributed by atoms with E-state index in [4.69, 9.17) is 0 Å². The SMILES string of the molecule is Cc1ccc(C)c(NC(=O)C(C)(C)n2nc(-c3ccc(F)cc3)ccc2=O)c1. The number of halogens is 1. The lowest BCUT2D eigenvalue weighted by atomic mass is 10.0. The molecule has 0 aliphatic heterocycles. The van der Waals surface area contributed by atoms with E-state index in [1.165, 1.54) is 18.2 Å². The van der Waals surface area contributed by atoms with E-state index < -0.39 is 11.1 Å². The molecule has 0 radical (unpaired) electrons. The van der Waals surface area contributed by atoms with E-state index in [1.807, 2.05) is 32.0 Å². The molecule has 0 unspecified atom stereocenters. The number of nitrogens with one attached hydrogen (secondary N) is 1. The highest BCUT2D eigenvalue weighted by Gasteiger charge is 2.32. The van der Waals surface area contributed by atoms with Crippen LogP contribution in [0.1, 0.15) is 25.0 Å². The van der Waals surface area contributed by atoms with Gasteiger partial charge in [-0.3, -0.25) is 9.59 Å². The number of benzene rings is 2. The first kappa shape index (κ1) is 19.5. The molecule has 0 atom stereocenters. The second kappa shape index (κ2) is 7.38. The van der Waals surface area contributed by atoms with Gasteiger partial charge >= 0.3 is 0 Å². The monoisotopic (exact) mass is 379 g/mol. The third-order valence-corrected chi connectivity index (χ3v) is 4.67. The van der Waals surface area contributed by atoms with Crippen LogP contribution in [0.3, 0.4) is 0 Å². The van der Waals surface area contributed by atoms with E-state index in [1.54, 1.807) is 32.0 Å². The van der Waals surface area contributed by atoms with Crippen molar-refractivity contribution in [2.24, 2.45) is 0 Å². The molecule has 0 aliphatic carbocycles. The summed E-state index contributed by atoms with van der Waals surface area (Å²) in [6, 6.07) is 14.5. The Kier molecular flexibility index (Phi) is 5.14. The third-order valence-electron chi connectivity index (χ3n) is 4.67. The number of amides is 1. The van der Waals surface area contributed by atoms with Crippen LogP contribution >= 0.6 is 0 Å². The molecule has 5 nitrogen and oxygen atoms in total. The molecule has 1 aromatic heterocycles. The summed E-state index contributed by atoms with van der Waals surface area (Å²) in [6.45, 7) is 7.12. The first-order valence-electron chi connectivity index (χ1n) is 8.94. The molecule has 1 heterocycles. The van der Waals surface area contributed by atoms with Gasteiger partial charge in [0.1, 0.15) is 11.4 Å². The first-order chi connectivity index (χ1) is 13.2. The van der Waals surface area contributed by atoms with Crippen molar-refractivity contribution in [2.75, 3.05) is 5.32 Å². The average molecular weight is 379 g/mol. The van der Waals surface area contributed by atoms with Gasteiger partial charge in [0.15, 0.2) is 0 Å². The van der Waals surface area contributed by atoms with Gasteiger partial charge in [-0.25, -0.2) is 9.07 Å². The van der Waals surface area contributed by atoms with Crippen LogP contribution in [0.15, 0.2) is 59.4 Å². The molecule has 0 aliphatic rings. The normalized spacial score (nSPS) is 11.3. The van der Waals surface area contributed by atoms with E-state index in [9.17, 15) is 14.0 Å². The van der Waals surface area contributed by atoms with Gasteiger partial charge in [-0.2, -0.15) is 5.10 Å². The third kappa shape index (κ3) is 3.86. The summed E-state index contributed by atoms with van der Waals surface area (Å²) in [4.78, 5) is 25.4. The molecule has 3 rings (SSSR count). The Labute approximate surface area is 162 Å². The molecule has 0 saturated carbocycles. The van der Waals surface area contributed by atoms with Crippen molar-refractivity contribution in [3.05, 3.63) is 81.9 Å². The standard InChI is InChI=1S/C22H22FN3O2/c1-14-5-6-15(2)19(13-14)24-21(28)22(3,4)26-20(27)12-11-18(25-26)16-7-9-17(23)10-8-16/h5-13H,1-4H3,(H,24,28). The average Bonchev–Trinajstić information content (AvgIpc) is 2.65. The largest absolute Gasteiger partial charge is 0.324 e. The van der Waals surface area contributed by atoms with Gasteiger partial charge in [-0.05, 0) is 75.2 Å². The van der Waals surface area contributed by atoms with E-state index in [2.05, 4.69) is 10.4 Å². The summed E-state index contributed by atoms with van der Waals surface area (Å²) in [5, 5.41) is 7.26. The molecule has 0 saturated heterocycles. The number of hydrogen-bond acceptors (Lipinski definition) is 3. The van der Waals surface area contributed by atoms with Crippen LogP contribution in [0.5, 0.6) is 0 Å². The van der Waals surface area contributed by atoms with Crippen molar-refractivity contribution in [1.29, 1.82) is 0 Å². The zero-order valence-corrected chi connectivity index (χ0v) is 16.3. The highest BCUT2D eigenvalue weighted by molar-refractivity contribution is 5.96. The minimum atomic E-state index is -1.23. The number of rotatable bonds is 4. The lowest BCUT2D eigenvalue weighted by Crippen LogP contribution is -2.47. The predicted molar refractivity (Wildman–Crippen MR) is 108 cm³/mol. The van der Waals surface area contributed by atoms with Crippen molar-refractivity contribution in [2.45, 2.75) is 33.2 Å². The maximum atomic E-state index is 13.2. The number of carbonyl (C=O) groups excluding carboxylic acids is 1. The van der Waals surface area contributed by atoms with Crippen molar-refractivity contribution in [3.8, 4) is 11.3 Å². The fourth-order valence-electron chi connectivity index (χ4n) is 2.83. The van der Waals surface area contributed by atoms with Crippen molar-refractivity contribution in [1.82, 2.24) is 9.78 Å². The van der Waals surface area contributed by atoms with Crippen LogP contribution in [0, 0.1) is 19.7 Å². The summed E-state index contributed by atoms with van der Waals surface area (Å²) in [5.74, 6) is -0.711. The summed E-state index contributed by atoms with van der Waals surface area (Å²) in [6.07, 6.45) is 0. The molecule has 3 aromatic rings. The van der Waals surface area contributed by atoms with E-state index in [0.29, 0.717) is 16.9 Å². The molecule has 0 spiro atoms. The molecule has 144 valence electrons. The second-order valence-corrected chi connectivity index (χ2v) is 7.31. The minimum absolute atomic E-state index is 0.355. The number of nitrogens with zero attached hydrogens (tertiary/aromatic N) is 2. The van der Waals surface area contributed by atoms with Gasteiger partial charge in [-0.15, -0.1) is 0 Å². The van der Waals surface area contributed by atoms with Crippen molar-refractivity contribution < 1.29 is 9.18 Å². The van der Waals surface area contributed by atoms with Crippen LogP contribution in [0.2, 0.25) is 0 Å². The van der Waals surface area contributed by atoms with Crippen LogP contribution in [0.4, 0.5) is 10.1 Å². The Bertz CT molecular complexity index is 1090. The van der Waals surface area contributed by atoms with Gasteiger partial charge < -0.3 is 5.32 Å². The highest BCUT2D eigenvalue weighted by Crippen LogP contribution is 2.22. The van der Waals surface area contributed by atoms with E-state index in [0.717, 1.165) is 15.8 Å². The molecule has 28 heavy (non-hydrogen) atoms. The Morgan fingerprint density at radius 1 is 1.04 bits per heavy atom. The predicted octanol–water partition coefficient (Wildman–Crippen LogP) is 4.04. The molecule has 0 fully saturated rings. The molecule has 1 amide bonds. The Morgan fingerprint density at radius 2 is 1.71 bits per heavy atom. The molecular weight excluding hydrogens is 357 g/mol. The van der Waals surface area contributed by atoms with Crippen LogP contribution in [-0.2, 0) is 10.3 Å². The number of aryl methyl sites for hydroxylation is 2. The first-order valence-corrected chi connectivity index (χ1v) is 8.94. The maximum Gasteiger partial charge on any atom is 0.267 e. The Balaban J connectivity index is 1.97. The number of carbonyl (C=O) groups is 1. The van der Waals surface area contributed by atoms with E-state index in [-0.39, 0.29) is 11.7 Å². The summed E-state index contributed by atoms with van der Waals surface area (Å²) in [7, 11) is 0. The number of aromatic nitrogens is 2. The van der Waals surface area contributed by atoms with Gasteiger partial charge in [0.05, 0.1) is 5.69 Å². The Morgan fingerprint density at radius 3 is 2.39 bits per heavy atom. The van der Waals surface area contributed by atoms with Crippen LogP contribution in [0.25, 0.3) is 11.3 Å². The van der Waals surface area contributed by atoms with Crippen molar-refractivity contribution in [3.63, 3.8) is 0 Å². The molecule has 0 bridgehead atoms. The second-order valence-electron chi connectivity index (χ2n) is 7.31. The fraction of sp³-hybridized carbons (Fsp3) is 0.227. The minimum Gasteiger partial charge on any atom is -0.324 e. The number of hydrogen-bond donors (Lipinski definition) is 1. The summed E-state index contributed by atoms with van der Waals surface area (Å²) < 4.78 is 14.3. The highest BCUT2D eigenvalue weighted by atomic mass is 19.1. The Hall–Kier alpha value is -3.28. The van der Waals surface area contributed by atoms with Crippen molar-refractivity contribution >= 4 is 11.6 Å². The van der Waals surface area contributed by atoms with Crippen LogP contribution < -0.4 is 10.9 Å². The quantitative estimate of drug-likeness (QED) is 0.744. The molecule has 1 N–H and O–H groups in total. The maximum absolute atomic E-state index is 13.2. The molecule has 2 aromatic carbocycles. The van der Waals surface area contributed by atoms with Gasteiger partial charge in [-0.1, -0.05) is 12.1 Å². The zero-order chi connectivity index (χ0) is 20.5. The zero-order valence-electron chi connectivity index (χ0n) is 16.3. The molecule has 6 heteroatoms.